The maximum absolute atomic E-state index is 12.5. The van der Waals surface area contributed by atoms with E-state index >= 15 is 0 Å². The number of carboxylic acid groups (broad SMARTS) is 1. The van der Waals surface area contributed by atoms with Gasteiger partial charge in [-0.2, -0.15) is 0 Å². The Morgan fingerprint density at radius 1 is 1.14 bits per heavy atom. The van der Waals surface area contributed by atoms with E-state index in [2.05, 4.69) is 5.32 Å². The van der Waals surface area contributed by atoms with Crippen LogP contribution in [0.3, 0.4) is 0 Å². The number of rotatable bonds is 5. The molecule has 1 heterocycles. The van der Waals surface area contributed by atoms with E-state index < -0.39 is 23.8 Å². The number of carbonyl (C=O) groups is 3. The Morgan fingerprint density at radius 3 is 2.43 bits per heavy atom. The van der Waals surface area contributed by atoms with Crippen molar-refractivity contribution in [2.24, 2.45) is 17.8 Å². The highest BCUT2D eigenvalue weighted by molar-refractivity contribution is 7.99. The van der Waals surface area contributed by atoms with E-state index in [1.807, 2.05) is 0 Å². The van der Waals surface area contributed by atoms with Crippen molar-refractivity contribution in [1.29, 1.82) is 0 Å². The van der Waals surface area contributed by atoms with Gasteiger partial charge in [-0.05, 0) is 31.6 Å². The first-order chi connectivity index (χ1) is 10.1. The lowest BCUT2D eigenvalue weighted by molar-refractivity contribution is -0.157. The Hall–Kier alpha value is -1.24. The van der Waals surface area contributed by atoms with Gasteiger partial charge < -0.3 is 15.3 Å². The minimum Gasteiger partial charge on any atom is -0.481 e. The first kappa shape index (κ1) is 14.7. The van der Waals surface area contributed by atoms with Gasteiger partial charge in [0.15, 0.2) is 0 Å². The van der Waals surface area contributed by atoms with Crippen molar-refractivity contribution in [3.63, 3.8) is 0 Å². The van der Waals surface area contributed by atoms with E-state index in [1.165, 1.54) is 12.8 Å². The number of carboxylic acids is 1. The Kier molecular flexibility index (Phi) is 4.10. The van der Waals surface area contributed by atoms with Gasteiger partial charge in [-0.1, -0.05) is 0 Å². The molecular formula is C14H20N2O4S. The molecule has 0 aromatic rings. The maximum atomic E-state index is 12.5. The average molecular weight is 312 g/mol. The van der Waals surface area contributed by atoms with Gasteiger partial charge in [0.1, 0.15) is 6.04 Å². The molecule has 3 atom stereocenters. The molecule has 116 valence electrons. The summed E-state index contributed by atoms with van der Waals surface area (Å²) in [6.45, 7) is 0.698. The Morgan fingerprint density at radius 2 is 1.86 bits per heavy atom. The average Bonchev–Trinajstić information content (AvgIpc) is 3.08. The van der Waals surface area contributed by atoms with Gasteiger partial charge in [0.2, 0.25) is 11.8 Å². The SMILES string of the molecule is O=C(O)C1CCC1C(=O)N1CSCC1C(=O)NCC1CC1. The molecule has 0 bridgehead atoms. The van der Waals surface area contributed by atoms with E-state index in [0.717, 1.165) is 0 Å². The predicted molar refractivity (Wildman–Crippen MR) is 77.5 cm³/mol. The molecule has 1 aliphatic heterocycles. The molecule has 2 aliphatic carbocycles. The fraction of sp³-hybridized carbons (Fsp3) is 0.786. The summed E-state index contributed by atoms with van der Waals surface area (Å²) in [4.78, 5) is 37.3. The second kappa shape index (κ2) is 5.87. The van der Waals surface area contributed by atoms with Crippen molar-refractivity contribution >= 4 is 29.5 Å². The zero-order valence-electron chi connectivity index (χ0n) is 11.8. The van der Waals surface area contributed by atoms with Crippen molar-refractivity contribution in [3.8, 4) is 0 Å². The van der Waals surface area contributed by atoms with Crippen LogP contribution in [-0.4, -0.2) is 52.0 Å². The van der Waals surface area contributed by atoms with Crippen LogP contribution in [-0.2, 0) is 14.4 Å². The van der Waals surface area contributed by atoms with Crippen molar-refractivity contribution < 1.29 is 19.5 Å². The summed E-state index contributed by atoms with van der Waals surface area (Å²) in [6, 6.07) is -0.434. The molecular weight excluding hydrogens is 292 g/mol. The molecule has 3 fully saturated rings. The van der Waals surface area contributed by atoms with Gasteiger partial charge in [0.05, 0.1) is 17.7 Å². The molecule has 7 heteroatoms. The number of nitrogens with zero attached hydrogens (tertiary/aromatic N) is 1. The van der Waals surface area contributed by atoms with Crippen LogP contribution in [0, 0.1) is 17.8 Å². The number of hydrogen-bond donors (Lipinski definition) is 2. The summed E-state index contributed by atoms with van der Waals surface area (Å²) < 4.78 is 0. The van der Waals surface area contributed by atoms with Crippen LogP contribution in [0.15, 0.2) is 0 Å². The van der Waals surface area contributed by atoms with Crippen LogP contribution in [0.5, 0.6) is 0 Å². The van der Waals surface area contributed by atoms with Gasteiger partial charge in [-0.25, -0.2) is 0 Å². The molecule has 2 N–H and O–H groups in total. The fourth-order valence-electron chi connectivity index (χ4n) is 2.87. The molecule has 0 spiro atoms. The molecule has 3 unspecified atom stereocenters. The van der Waals surface area contributed by atoms with Gasteiger partial charge >= 0.3 is 5.97 Å². The lowest BCUT2D eigenvalue weighted by Crippen LogP contribution is -2.52. The lowest BCUT2D eigenvalue weighted by Gasteiger charge is -2.36. The van der Waals surface area contributed by atoms with E-state index in [4.69, 9.17) is 5.11 Å². The van der Waals surface area contributed by atoms with Gasteiger partial charge in [0, 0.05) is 12.3 Å². The van der Waals surface area contributed by atoms with Crippen molar-refractivity contribution in [3.05, 3.63) is 0 Å². The van der Waals surface area contributed by atoms with Crippen LogP contribution in [0.1, 0.15) is 25.7 Å². The van der Waals surface area contributed by atoms with Crippen LogP contribution in [0.2, 0.25) is 0 Å². The Bertz CT molecular complexity index is 466. The minimum absolute atomic E-state index is 0.0913. The molecule has 0 aromatic heterocycles. The zero-order chi connectivity index (χ0) is 15.0. The Balaban J connectivity index is 1.58. The number of carbonyl (C=O) groups excluding carboxylic acids is 2. The Labute approximate surface area is 127 Å². The van der Waals surface area contributed by atoms with E-state index in [9.17, 15) is 14.4 Å². The van der Waals surface area contributed by atoms with Crippen LogP contribution < -0.4 is 5.32 Å². The van der Waals surface area contributed by atoms with Crippen LogP contribution >= 0.6 is 11.8 Å². The number of thioether (sulfide) groups is 1. The highest BCUT2D eigenvalue weighted by Gasteiger charge is 2.46. The second-order valence-electron chi connectivity index (χ2n) is 6.14. The summed E-state index contributed by atoms with van der Waals surface area (Å²) in [5.41, 5.74) is 0. The number of nitrogens with one attached hydrogen (secondary N) is 1. The second-order valence-corrected chi connectivity index (χ2v) is 7.14. The van der Waals surface area contributed by atoms with Crippen molar-refractivity contribution in [2.45, 2.75) is 31.7 Å². The first-order valence-corrected chi connectivity index (χ1v) is 8.62. The highest BCUT2D eigenvalue weighted by atomic mass is 32.2. The predicted octanol–water partition coefficient (Wildman–Crippen LogP) is 0.525. The van der Waals surface area contributed by atoms with Crippen molar-refractivity contribution in [1.82, 2.24) is 10.2 Å². The molecule has 2 saturated carbocycles. The van der Waals surface area contributed by atoms with E-state index in [1.54, 1.807) is 16.7 Å². The quantitative estimate of drug-likeness (QED) is 0.773. The van der Waals surface area contributed by atoms with Gasteiger partial charge in [0.25, 0.3) is 0 Å². The molecule has 3 rings (SSSR count). The number of hydrogen-bond acceptors (Lipinski definition) is 4. The summed E-state index contributed by atoms with van der Waals surface area (Å²) in [7, 11) is 0. The fourth-order valence-corrected chi connectivity index (χ4v) is 4.03. The van der Waals surface area contributed by atoms with E-state index in [-0.39, 0.29) is 11.8 Å². The smallest absolute Gasteiger partial charge is 0.307 e. The topological polar surface area (TPSA) is 86.7 Å². The number of amides is 2. The van der Waals surface area contributed by atoms with E-state index in [0.29, 0.717) is 36.9 Å². The maximum Gasteiger partial charge on any atom is 0.307 e. The van der Waals surface area contributed by atoms with Crippen LogP contribution in [0.4, 0.5) is 0 Å². The zero-order valence-corrected chi connectivity index (χ0v) is 12.6. The van der Waals surface area contributed by atoms with Gasteiger partial charge in [-0.3, -0.25) is 14.4 Å². The molecule has 3 aliphatic rings. The number of aliphatic carboxylic acids is 1. The molecule has 0 radical (unpaired) electrons. The highest BCUT2D eigenvalue weighted by Crippen LogP contribution is 2.38. The summed E-state index contributed by atoms with van der Waals surface area (Å²) in [6.07, 6.45) is 3.52. The summed E-state index contributed by atoms with van der Waals surface area (Å²) in [5, 5.41) is 12.0. The molecule has 2 amide bonds. The third-order valence-corrected chi connectivity index (χ3v) is 5.65. The monoisotopic (exact) mass is 312 g/mol. The van der Waals surface area contributed by atoms with Crippen molar-refractivity contribution in [2.75, 3.05) is 18.2 Å². The summed E-state index contributed by atoms with van der Waals surface area (Å²) >= 11 is 1.56. The minimum atomic E-state index is -0.902. The largest absolute Gasteiger partial charge is 0.481 e. The normalized spacial score (nSPS) is 31.6. The standard InChI is InChI=1S/C14H20N2O4S/c17-12(15-5-8-1-2-8)11-6-21-7-16(11)13(18)9-3-4-10(9)14(19)20/h8-11H,1-7H2,(H,15,17)(H,19,20). The third kappa shape index (κ3) is 3.02. The third-order valence-electron chi connectivity index (χ3n) is 4.64. The molecule has 1 saturated heterocycles. The summed E-state index contributed by atoms with van der Waals surface area (Å²) in [5.74, 6) is -0.471. The van der Waals surface area contributed by atoms with Gasteiger partial charge in [-0.15, -0.1) is 11.8 Å². The molecule has 21 heavy (non-hydrogen) atoms. The molecule has 0 aromatic carbocycles. The first-order valence-electron chi connectivity index (χ1n) is 7.46. The molecule has 6 nitrogen and oxygen atoms in total. The van der Waals surface area contributed by atoms with Crippen LogP contribution in [0.25, 0.3) is 0 Å². The lowest BCUT2D eigenvalue weighted by atomic mass is 9.73.